The zero-order valence-electron chi connectivity index (χ0n) is 18.2. The van der Waals surface area contributed by atoms with Gasteiger partial charge in [0.05, 0.1) is 17.1 Å². The van der Waals surface area contributed by atoms with E-state index in [4.69, 9.17) is 0 Å². The molecule has 0 fully saturated rings. The molecule has 168 valence electrons. The minimum atomic E-state index is -0.340. The van der Waals surface area contributed by atoms with Crippen LogP contribution < -0.4 is 10.9 Å². The van der Waals surface area contributed by atoms with Crippen LogP contribution in [0.1, 0.15) is 21.7 Å². The van der Waals surface area contributed by atoms with Crippen molar-refractivity contribution in [3.05, 3.63) is 124 Å². The molecule has 5 aromatic rings. The molecule has 0 bridgehead atoms. The molecule has 0 unspecified atom stereocenters. The Morgan fingerprint density at radius 3 is 2.38 bits per heavy atom. The maximum absolute atomic E-state index is 12.8. The van der Waals surface area contributed by atoms with Crippen molar-refractivity contribution >= 4 is 17.2 Å². The van der Waals surface area contributed by atoms with Gasteiger partial charge in [0.25, 0.3) is 11.5 Å². The topological polar surface area (TPSA) is 81.8 Å². The summed E-state index contributed by atoms with van der Waals surface area (Å²) >= 11 is 1.55. The Balaban J connectivity index is 1.29. The largest absolute Gasteiger partial charge is 0.345 e. The number of thiophene rings is 1. The van der Waals surface area contributed by atoms with E-state index in [2.05, 4.69) is 15.4 Å². The van der Waals surface area contributed by atoms with Gasteiger partial charge in [-0.2, -0.15) is 0 Å². The molecular formula is C26H21N5O2S. The minimum absolute atomic E-state index is 0.0387. The predicted molar refractivity (Wildman–Crippen MR) is 132 cm³/mol. The maximum Gasteiger partial charge on any atom is 0.291 e. The van der Waals surface area contributed by atoms with Gasteiger partial charge in [-0.15, -0.1) is 16.4 Å². The Hall–Kier alpha value is -4.30. The van der Waals surface area contributed by atoms with Crippen LogP contribution in [0.3, 0.4) is 0 Å². The Morgan fingerprint density at radius 1 is 0.882 bits per heavy atom. The summed E-state index contributed by atoms with van der Waals surface area (Å²) < 4.78 is 3.34. The Labute approximate surface area is 200 Å². The number of rotatable bonds is 7. The highest BCUT2D eigenvalue weighted by atomic mass is 32.1. The number of nitrogens with one attached hydrogen (secondary N) is 1. The van der Waals surface area contributed by atoms with E-state index in [0.717, 1.165) is 21.7 Å². The van der Waals surface area contributed by atoms with Crippen molar-refractivity contribution in [3.63, 3.8) is 0 Å². The van der Waals surface area contributed by atoms with Crippen molar-refractivity contribution < 1.29 is 4.79 Å². The first-order chi connectivity index (χ1) is 16.7. The predicted octanol–water partition coefficient (Wildman–Crippen LogP) is 4.14. The van der Waals surface area contributed by atoms with Crippen molar-refractivity contribution in [3.8, 4) is 16.4 Å². The average molecular weight is 468 g/mol. The standard InChI is InChI=1S/C26H21N5O2S/c32-23-10-4-5-15-30(23)18-20-13-11-19(12-14-20)17-27-26(33)24-28-25(22-9-6-16-34-22)31(29-24)21-7-2-1-3-8-21/h1-16H,17-18H2,(H,27,33). The molecule has 3 heterocycles. The van der Waals surface area contributed by atoms with Gasteiger partial charge in [0.1, 0.15) is 0 Å². The number of benzene rings is 2. The van der Waals surface area contributed by atoms with Crippen molar-refractivity contribution in [2.75, 3.05) is 0 Å². The average Bonchev–Trinajstić information content (AvgIpc) is 3.56. The number of pyridine rings is 1. The van der Waals surface area contributed by atoms with Crippen LogP contribution in [0.25, 0.3) is 16.4 Å². The zero-order chi connectivity index (χ0) is 23.3. The minimum Gasteiger partial charge on any atom is -0.345 e. The fourth-order valence-electron chi connectivity index (χ4n) is 3.53. The molecule has 0 saturated carbocycles. The van der Waals surface area contributed by atoms with E-state index >= 15 is 0 Å². The monoisotopic (exact) mass is 467 g/mol. The molecule has 3 aromatic heterocycles. The van der Waals surface area contributed by atoms with Gasteiger partial charge < -0.3 is 9.88 Å². The third-order valence-electron chi connectivity index (χ3n) is 5.28. The third kappa shape index (κ3) is 4.72. The molecule has 1 N–H and O–H groups in total. The van der Waals surface area contributed by atoms with Crippen LogP contribution in [-0.2, 0) is 13.1 Å². The van der Waals surface area contributed by atoms with Crippen molar-refractivity contribution in [2.24, 2.45) is 0 Å². The molecule has 0 aliphatic rings. The van der Waals surface area contributed by atoms with E-state index in [0.29, 0.717) is 18.9 Å². The summed E-state index contributed by atoms with van der Waals surface area (Å²) in [5.41, 5.74) is 2.75. The van der Waals surface area contributed by atoms with Crippen molar-refractivity contribution in [2.45, 2.75) is 13.1 Å². The van der Waals surface area contributed by atoms with Crippen molar-refractivity contribution in [1.82, 2.24) is 24.6 Å². The third-order valence-corrected chi connectivity index (χ3v) is 6.15. The fourth-order valence-corrected chi connectivity index (χ4v) is 4.23. The summed E-state index contributed by atoms with van der Waals surface area (Å²) in [6.07, 6.45) is 1.77. The summed E-state index contributed by atoms with van der Waals surface area (Å²) in [5, 5.41) is 9.36. The number of carbonyl (C=O) groups excluding carboxylic acids is 1. The van der Waals surface area contributed by atoms with Crippen LogP contribution in [0.15, 0.2) is 101 Å². The highest BCUT2D eigenvalue weighted by Crippen LogP contribution is 2.25. The van der Waals surface area contributed by atoms with Crippen LogP contribution in [0.5, 0.6) is 0 Å². The van der Waals surface area contributed by atoms with Crippen LogP contribution in [0.2, 0.25) is 0 Å². The summed E-state index contributed by atoms with van der Waals surface area (Å²) in [6.45, 7) is 0.845. The smallest absolute Gasteiger partial charge is 0.291 e. The molecule has 8 heteroatoms. The molecule has 0 spiro atoms. The van der Waals surface area contributed by atoms with E-state index in [1.807, 2.05) is 78.2 Å². The molecule has 0 aliphatic carbocycles. The molecular weight excluding hydrogens is 446 g/mol. The Bertz CT molecular complexity index is 1460. The second-order valence-corrected chi connectivity index (χ2v) is 8.60. The van der Waals surface area contributed by atoms with E-state index in [-0.39, 0.29) is 17.3 Å². The van der Waals surface area contributed by atoms with Crippen LogP contribution in [0.4, 0.5) is 0 Å². The van der Waals surface area contributed by atoms with Gasteiger partial charge >= 0.3 is 0 Å². The van der Waals surface area contributed by atoms with Crippen LogP contribution in [0, 0.1) is 0 Å². The van der Waals surface area contributed by atoms with Crippen LogP contribution >= 0.6 is 11.3 Å². The summed E-state index contributed by atoms with van der Waals surface area (Å²) in [5.74, 6) is 0.409. The van der Waals surface area contributed by atoms with Gasteiger partial charge in [-0.05, 0) is 40.8 Å². The lowest BCUT2D eigenvalue weighted by molar-refractivity contribution is 0.0940. The highest BCUT2D eigenvalue weighted by Gasteiger charge is 2.19. The van der Waals surface area contributed by atoms with Crippen LogP contribution in [-0.4, -0.2) is 25.2 Å². The Morgan fingerprint density at radius 2 is 1.65 bits per heavy atom. The molecule has 5 rings (SSSR count). The van der Waals surface area contributed by atoms with Gasteiger partial charge in [0, 0.05) is 18.8 Å². The number of hydrogen-bond acceptors (Lipinski definition) is 5. The van der Waals surface area contributed by atoms with E-state index in [1.165, 1.54) is 0 Å². The van der Waals surface area contributed by atoms with E-state index in [1.54, 1.807) is 38.9 Å². The second-order valence-electron chi connectivity index (χ2n) is 7.65. The number of nitrogens with zero attached hydrogens (tertiary/aromatic N) is 4. The fraction of sp³-hybridized carbons (Fsp3) is 0.0769. The lowest BCUT2D eigenvalue weighted by Crippen LogP contribution is -2.24. The quantitative estimate of drug-likeness (QED) is 0.390. The number of hydrogen-bond donors (Lipinski definition) is 1. The second kappa shape index (κ2) is 9.68. The molecule has 2 aromatic carbocycles. The number of para-hydroxylation sites is 1. The first kappa shape index (κ1) is 21.5. The lowest BCUT2D eigenvalue weighted by atomic mass is 10.1. The summed E-state index contributed by atoms with van der Waals surface area (Å²) in [6, 6.07) is 26.4. The van der Waals surface area contributed by atoms with Gasteiger partial charge in [-0.25, -0.2) is 9.67 Å². The number of amides is 1. The molecule has 0 atom stereocenters. The van der Waals surface area contributed by atoms with Gasteiger partial charge in [-0.1, -0.05) is 54.6 Å². The molecule has 0 aliphatic heterocycles. The van der Waals surface area contributed by atoms with E-state index < -0.39 is 0 Å². The summed E-state index contributed by atoms with van der Waals surface area (Å²) in [4.78, 5) is 30.2. The molecule has 0 radical (unpaired) electrons. The molecule has 0 saturated heterocycles. The van der Waals surface area contributed by atoms with Gasteiger partial charge in [0.15, 0.2) is 5.82 Å². The summed E-state index contributed by atoms with van der Waals surface area (Å²) in [7, 11) is 0. The normalized spacial score (nSPS) is 10.8. The molecule has 7 nitrogen and oxygen atoms in total. The van der Waals surface area contributed by atoms with Gasteiger partial charge in [0.2, 0.25) is 5.82 Å². The van der Waals surface area contributed by atoms with Gasteiger partial charge in [-0.3, -0.25) is 9.59 Å². The zero-order valence-corrected chi connectivity index (χ0v) is 19.0. The molecule has 1 amide bonds. The van der Waals surface area contributed by atoms with E-state index in [9.17, 15) is 9.59 Å². The first-order valence-electron chi connectivity index (χ1n) is 10.8. The highest BCUT2D eigenvalue weighted by molar-refractivity contribution is 7.13. The SMILES string of the molecule is O=C(NCc1ccc(Cn2ccccc2=O)cc1)c1nc(-c2cccs2)n(-c2ccccc2)n1. The molecule has 34 heavy (non-hydrogen) atoms. The first-order valence-corrected chi connectivity index (χ1v) is 11.6. The Kier molecular flexibility index (Phi) is 6.13. The number of aromatic nitrogens is 4. The number of carbonyl (C=O) groups is 1. The van der Waals surface area contributed by atoms with Crippen molar-refractivity contribution in [1.29, 1.82) is 0 Å². The lowest BCUT2D eigenvalue weighted by Gasteiger charge is -2.07. The maximum atomic E-state index is 12.8.